The fourth-order valence-electron chi connectivity index (χ4n) is 4.93. The van der Waals surface area contributed by atoms with Crippen LogP contribution >= 0.6 is 0 Å². The summed E-state index contributed by atoms with van der Waals surface area (Å²) < 4.78 is 11.3. The zero-order valence-electron chi connectivity index (χ0n) is 22.4. The Balaban J connectivity index is 1.61. The zero-order valence-corrected chi connectivity index (χ0v) is 22.4. The van der Waals surface area contributed by atoms with Gasteiger partial charge in [-0.3, -0.25) is 9.59 Å². The fraction of sp³-hybridized carbons (Fsp3) is 0.375. The van der Waals surface area contributed by atoms with Gasteiger partial charge in [0.05, 0.1) is 7.11 Å². The summed E-state index contributed by atoms with van der Waals surface area (Å²) in [5.41, 5.74) is 3.00. The highest BCUT2D eigenvalue weighted by Crippen LogP contribution is 2.21. The molecule has 1 N–H and O–H groups in total. The molecule has 38 heavy (non-hydrogen) atoms. The van der Waals surface area contributed by atoms with Gasteiger partial charge in [-0.2, -0.15) is 0 Å². The van der Waals surface area contributed by atoms with Crippen molar-refractivity contribution in [3.63, 3.8) is 0 Å². The maximum Gasteiger partial charge on any atom is 0.261 e. The molecule has 0 heterocycles. The Labute approximate surface area is 226 Å². The number of benzene rings is 3. The maximum atomic E-state index is 13.8. The minimum atomic E-state index is -0.681. The Morgan fingerprint density at radius 2 is 1.61 bits per heavy atom. The van der Waals surface area contributed by atoms with Gasteiger partial charge in [0.25, 0.3) is 5.91 Å². The van der Waals surface area contributed by atoms with Crippen LogP contribution in [0.4, 0.5) is 0 Å². The van der Waals surface area contributed by atoms with Crippen LogP contribution in [-0.2, 0) is 22.6 Å². The smallest absolute Gasteiger partial charge is 0.261 e. The van der Waals surface area contributed by atoms with E-state index in [9.17, 15) is 9.59 Å². The average Bonchev–Trinajstić information content (AvgIpc) is 2.95. The molecule has 1 saturated carbocycles. The molecule has 0 radical (unpaired) electrons. The number of ether oxygens (including phenoxy) is 2. The van der Waals surface area contributed by atoms with E-state index in [2.05, 4.69) is 5.32 Å². The maximum absolute atomic E-state index is 13.8. The first kappa shape index (κ1) is 27.2. The van der Waals surface area contributed by atoms with E-state index in [1.807, 2.05) is 85.8 Å². The summed E-state index contributed by atoms with van der Waals surface area (Å²) in [7, 11) is 1.62. The third-order valence-corrected chi connectivity index (χ3v) is 7.09. The molecule has 1 aliphatic carbocycles. The molecule has 0 saturated heterocycles. The van der Waals surface area contributed by atoms with Crippen molar-refractivity contribution in [3.8, 4) is 11.5 Å². The van der Waals surface area contributed by atoms with Crippen molar-refractivity contribution in [2.45, 2.75) is 64.1 Å². The van der Waals surface area contributed by atoms with Crippen LogP contribution in [0.2, 0.25) is 0 Å². The van der Waals surface area contributed by atoms with Gasteiger partial charge in [-0.05, 0) is 55.2 Å². The molecule has 0 bridgehead atoms. The quantitative estimate of drug-likeness (QED) is 0.368. The molecule has 2 amide bonds. The van der Waals surface area contributed by atoms with Crippen LogP contribution in [0.1, 0.15) is 48.8 Å². The average molecular weight is 515 g/mol. The van der Waals surface area contributed by atoms with Crippen LogP contribution in [0.15, 0.2) is 78.9 Å². The van der Waals surface area contributed by atoms with Gasteiger partial charge in [0.1, 0.15) is 17.5 Å². The molecule has 6 nitrogen and oxygen atoms in total. The minimum Gasteiger partial charge on any atom is -0.497 e. The van der Waals surface area contributed by atoms with E-state index in [4.69, 9.17) is 9.47 Å². The highest BCUT2D eigenvalue weighted by Gasteiger charge is 2.32. The molecule has 3 aromatic carbocycles. The van der Waals surface area contributed by atoms with E-state index in [-0.39, 0.29) is 31.0 Å². The van der Waals surface area contributed by atoms with Gasteiger partial charge in [-0.25, -0.2) is 0 Å². The summed E-state index contributed by atoms with van der Waals surface area (Å²) in [6.45, 7) is 2.11. The van der Waals surface area contributed by atoms with E-state index >= 15 is 0 Å². The molecule has 0 spiro atoms. The largest absolute Gasteiger partial charge is 0.497 e. The van der Waals surface area contributed by atoms with Gasteiger partial charge in [0.15, 0.2) is 6.61 Å². The lowest BCUT2D eigenvalue weighted by molar-refractivity contribution is -0.143. The Morgan fingerprint density at radius 1 is 0.895 bits per heavy atom. The number of amides is 2. The number of nitrogens with zero attached hydrogens (tertiary/aromatic N) is 1. The first-order valence-corrected chi connectivity index (χ1v) is 13.5. The zero-order chi connectivity index (χ0) is 26.7. The summed E-state index contributed by atoms with van der Waals surface area (Å²) in [5.74, 6) is 0.967. The van der Waals surface area contributed by atoms with Crippen LogP contribution in [0.3, 0.4) is 0 Å². The van der Waals surface area contributed by atoms with Gasteiger partial charge in [0, 0.05) is 19.0 Å². The lowest BCUT2D eigenvalue weighted by atomic mass is 9.94. The lowest BCUT2D eigenvalue weighted by Gasteiger charge is -2.33. The summed E-state index contributed by atoms with van der Waals surface area (Å²) in [6.07, 6.45) is 5.81. The third-order valence-electron chi connectivity index (χ3n) is 7.09. The highest BCUT2D eigenvalue weighted by atomic mass is 16.5. The monoisotopic (exact) mass is 514 g/mol. The van der Waals surface area contributed by atoms with Crippen LogP contribution < -0.4 is 14.8 Å². The summed E-state index contributed by atoms with van der Waals surface area (Å²) in [6, 6.07) is 24.5. The third kappa shape index (κ3) is 7.85. The van der Waals surface area contributed by atoms with Crippen LogP contribution in [-0.4, -0.2) is 42.5 Å². The molecule has 1 atom stereocenters. The van der Waals surface area contributed by atoms with Crippen LogP contribution in [0.25, 0.3) is 0 Å². The first-order valence-electron chi connectivity index (χ1n) is 13.5. The normalized spacial score (nSPS) is 14.4. The number of rotatable bonds is 11. The fourth-order valence-corrected chi connectivity index (χ4v) is 4.93. The first-order chi connectivity index (χ1) is 18.5. The van der Waals surface area contributed by atoms with E-state index in [0.717, 1.165) is 42.4 Å². The van der Waals surface area contributed by atoms with Gasteiger partial charge >= 0.3 is 0 Å². The predicted molar refractivity (Wildman–Crippen MR) is 149 cm³/mol. The van der Waals surface area contributed by atoms with Crippen molar-refractivity contribution in [2.24, 2.45) is 0 Å². The Hall–Kier alpha value is -3.80. The topological polar surface area (TPSA) is 67.9 Å². The van der Waals surface area contributed by atoms with E-state index in [1.54, 1.807) is 12.0 Å². The molecular weight excluding hydrogens is 476 g/mol. The molecule has 1 unspecified atom stereocenters. The summed E-state index contributed by atoms with van der Waals surface area (Å²) in [4.78, 5) is 29.2. The Kier molecular flexibility index (Phi) is 9.79. The second kappa shape index (κ2) is 13.7. The van der Waals surface area contributed by atoms with Crippen molar-refractivity contribution in [1.29, 1.82) is 0 Å². The lowest BCUT2D eigenvalue weighted by Crippen LogP contribution is -2.53. The number of hydrogen-bond acceptors (Lipinski definition) is 4. The van der Waals surface area contributed by atoms with Gasteiger partial charge in [0.2, 0.25) is 5.91 Å². The van der Waals surface area contributed by atoms with Crippen LogP contribution in [0.5, 0.6) is 11.5 Å². The number of aryl methyl sites for hydroxylation is 1. The Morgan fingerprint density at radius 3 is 2.32 bits per heavy atom. The van der Waals surface area contributed by atoms with Crippen molar-refractivity contribution >= 4 is 11.8 Å². The molecule has 200 valence electrons. The molecule has 4 rings (SSSR count). The molecule has 1 aliphatic rings. The summed E-state index contributed by atoms with van der Waals surface area (Å²) in [5, 5.41) is 3.26. The second-order valence-corrected chi connectivity index (χ2v) is 10.0. The van der Waals surface area contributed by atoms with Gasteiger partial charge in [-0.1, -0.05) is 79.4 Å². The van der Waals surface area contributed by atoms with Crippen molar-refractivity contribution < 1.29 is 19.1 Å². The van der Waals surface area contributed by atoms with Gasteiger partial charge in [-0.15, -0.1) is 0 Å². The standard InChI is InChI=1S/C32H38N2O4/c1-24-16-18-28(19-17-24)38-23-31(35)34(22-26-12-9-15-29(20-26)37-2)30(21-25-10-5-3-6-11-25)32(36)33-27-13-7-4-8-14-27/h3,5-6,9-12,15-20,27,30H,4,7-8,13-14,21-23H2,1-2H3,(H,33,36). The Bertz CT molecular complexity index is 1170. The highest BCUT2D eigenvalue weighted by molar-refractivity contribution is 5.88. The van der Waals surface area contributed by atoms with Crippen molar-refractivity contribution in [2.75, 3.05) is 13.7 Å². The summed E-state index contributed by atoms with van der Waals surface area (Å²) >= 11 is 0. The van der Waals surface area contributed by atoms with Crippen LogP contribution in [0, 0.1) is 6.92 Å². The number of nitrogens with one attached hydrogen (secondary N) is 1. The molecular formula is C32H38N2O4. The van der Waals surface area contributed by atoms with E-state index in [0.29, 0.717) is 17.9 Å². The van der Waals surface area contributed by atoms with E-state index in [1.165, 1.54) is 6.42 Å². The molecule has 6 heteroatoms. The number of carbonyl (C=O) groups excluding carboxylic acids is 2. The molecule has 0 aliphatic heterocycles. The molecule has 1 fully saturated rings. The number of carbonyl (C=O) groups is 2. The minimum absolute atomic E-state index is 0.118. The van der Waals surface area contributed by atoms with Crippen molar-refractivity contribution in [1.82, 2.24) is 10.2 Å². The van der Waals surface area contributed by atoms with E-state index < -0.39 is 6.04 Å². The second-order valence-electron chi connectivity index (χ2n) is 10.0. The number of methoxy groups -OCH3 is 1. The van der Waals surface area contributed by atoms with Crippen molar-refractivity contribution in [3.05, 3.63) is 95.6 Å². The number of hydrogen-bond donors (Lipinski definition) is 1. The predicted octanol–water partition coefficient (Wildman–Crippen LogP) is 5.47. The molecule has 0 aromatic heterocycles. The molecule has 3 aromatic rings. The van der Waals surface area contributed by atoms with Gasteiger partial charge < -0.3 is 19.7 Å². The SMILES string of the molecule is COc1cccc(CN(C(=O)COc2ccc(C)cc2)C(Cc2ccccc2)C(=O)NC2CCCCC2)c1.